The molecule has 2 aromatic carbocycles. The standard InChI is InChI=1S/C28H37NO5/c1-27(2,3)34-26(30)11-14-29-15-12-28(13-16-29)21-33-25-19-23(9-10-24(25)28)32-18-17-31-20-22-7-5-4-6-8-22/h4-10,19H,11-18,20-21H2,1-3H3. The lowest BCUT2D eigenvalue weighted by atomic mass is 9.74. The van der Waals surface area contributed by atoms with Crippen molar-refractivity contribution in [2.24, 2.45) is 0 Å². The highest BCUT2D eigenvalue weighted by atomic mass is 16.6. The van der Waals surface area contributed by atoms with Crippen molar-refractivity contribution in [2.45, 2.75) is 57.7 Å². The van der Waals surface area contributed by atoms with Crippen LogP contribution in [0, 0.1) is 0 Å². The van der Waals surface area contributed by atoms with Gasteiger partial charge in [0.1, 0.15) is 23.7 Å². The minimum absolute atomic E-state index is 0.0646. The number of likely N-dealkylation sites (tertiary alicyclic amines) is 1. The zero-order chi connectivity index (χ0) is 24.0. The summed E-state index contributed by atoms with van der Waals surface area (Å²) in [7, 11) is 0. The summed E-state index contributed by atoms with van der Waals surface area (Å²) in [6.07, 6.45) is 2.50. The summed E-state index contributed by atoms with van der Waals surface area (Å²) in [4.78, 5) is 14.4. The van der Waals surface area contributed by atoms with Gasteiger partial charge in [-0.25, -0.2) is 0 Å². The van der Waals surface area contributed by atoms with E-state index in [9.17, 15) is 4.79 Å². The molecule has 0 atom stereocenters. The van der Waals surface area contributed by atoms with Crippen molar-refractivity contribution >= 4 is 5.97 Å². The molecular formula is C28H37NO5. The minimum Gasteiger partial charge on any atom is -0.492 e. The SMILES string of the molecule is CC(C)(C)OC(=O)CCN1CCC2(CC1)COc1cc(OCCOCc3ccccc3)ccc12. The van der Waals surface area contributed by atoms with Crippen molar-refractivity contribution in [3.63, 3.8) is 0 Å². The van der Waals surface area contributed by atoms with E-state index in [0.29, 0.717) is 32.8 Å². The number of carbonyl (C=O) groups is 1. The van der Waals surface area contributed by atoms with E-state index in [1.54, 1.807) is 0 Å². The number of hydrogen-bond donors (Lipinski definition) is 0. The van der Waals surface area contributed by atoms with Crippen molar-refractivity contribution in [3.05, 3.63) is 59.7 Å². The molecule has 0 radical (unpaired) electrons. The summed E-state index contributed by atoms with van der Waals surface area (Å²) in [5.41, 5.74) is 2.09. The van der Waals surface area contributed by atoms with Crippen LogP contribution in [0.25, 0.3) is 0 Å². The van der Waals surface area contributed by atoms with Crippen molar-refractivity contribution < 1.29 is 23.7 Å². The first-order valence-electron chi connectivity index (χ1n) is 12.3. The zero-order valence-corrected chi connectivity index (χ0v) is 20.7. The van der Waals surface area contributed by atoms with Gasteiger partial charge in [-0.3, -0.25) is 4.79 Å². The molecule has 1 spiro atoms. The monoisotopic (exact) mass is 467 g/mol. The number of piperidine rings is 1. The lowest BCUT2D eigenvalue weighted by Gasteiger charge is -2.38. The average molecular weight is 468 g/mol. The van der Waals surface area contributed by atoms with Gasteiger partial charge in [0.05, 0.1) is 26.2 Å². The molecule has 0 amide bonds. The van der Waals surface area contributed by atoms with Crippen LogP contribution in [0.2, 0.25) is 0 Å². The van der Waals surface area contributed by atoms with Gasteiger partial charge in [0.15, 0.2) is 0 Å². The van der Waals surface area contributed by atoms with E-state index in [-0.39, 0.29) is 11.4 Å². The highest BCUT2D eigenvalue weighted by Crippen LogP contribution is 2.46. The van der Waals surface area contributed by atoms with Crippen molar-refractivity contribution in [3.8, 4) is 11.5 Å². The zero-order valence-electron chi connectivity index (χ0n) is 20.7. The maximum Gasteiger partial charge on any atom is 0.307 e. The Morgan fingerprint density at radius 2 is 1.82 bits per heavy atom. The molecular weight excluding hydrogens is 430 g/mol. The van der Waals surface area contributed by atoms with E-state index in [4.69, 9.17) is 18.9 Å². The van der Waals surface area contributed by atoms with E-state index in [2.05, 4.69) is 23.1 Å². The Bertz CT molecular complexity index is 945. The highest BCUT2D eigenvalue weighted by Gasteiger charge is 2.43. The first-order valence-corrected chi connectivity index (χ1v) is 12.3. The van der Waals surface area contributed by atoms with Crippen LogP contribution in [0.3, 0.4) is 0 Å². The van der Waals surface area contributed by atoms with Crippen LogP contribution in [0.5, 0.6) is 11.5 Å². The molecule has 2 aliphatic heterocycles. The fourth-order valence-corrected chi connectivity index (χ4v) is 4.69. The molecule has 0 aliphatic carbocycles. The lowest BCUT2D eigenvalue weighted by molar-refractivity contribution is -0.155. The summed E-state index contributed by atoms with van der Waals surface area (Å²) in [6, 6.07) is 16.4. The first kappa shape index (κ1) is 24.6. The molecule has 2 aliphatic rings. The Balaban J connectivity index is 1.21. The minimum atomic E-state index is -0.425. The summed E-state index contributed by atoms with van der Waals surface area (Å²) in [5.74, 6) is 1.62. The van der Waals surface area contributed by atoms with E-state index in [1.165, 1.54) is 5.56 Å². The second-order valence-corrected chi connectivity index (χ2v) is 10.3. The Kier molecular flexibility index (Phi) is 7.79. The number of rotatable bonds is 9. The Labute approximate surface area is 203 Å². The van der Waals surface area contributed by atoms with Gasteiger partial charge in [-0.15, -0.1) is 0 Å². The normalized spacial score (nSPS) is 17.3. The van der Waals surface area contributed by atoms with Crippen molar-refractivity contribution in [2.75, 3.05) is 39.5 Å². The molecule has 34 heavy (non-hydrogen) atoms. The van der Waals surface area contributed by atoms with E-state index in [0.717, 1.165) is 49.5 Å². The van der Waals surface area contributed by atoms with Gasteiger partial charge < -0.3 is 23.8 Å². The predicted octanol–water partition coefficient (Wildman–Crippen LogP) is 4.74. The van der Waals surface area contributed by atoms with Crippen LogP contribution in [-0.2, 0) is 26.3 Å². The third-order valence-corrected chi connectivity index (χ3v) is 6.50. The molecule has 6 heteroatoms. The van der Waals surface area contributed by atoms with Gasteiger partial charge in [-0.05, 0) is 58.3 Å². The van der Waals surface area contributed by atoms with Gasteiger partial charge in [0, 0.05) is 23.6 Å². The fraction of sp³-hybridized carbons (Fsp3) is 0.536. The van der Waals surface area contributed by atoms with Gasteiger partial charge >= 0.3 is 5.97 Å². The van der Waals surface area contributed by atoms with Crippen LogP contribution >= 0.6 is 0 Å². The third-order valence-electron chi connectivity index (χ3n) is 6.50. The summed E-state index contributed by atoms with van der Waals surface area (Å²) >= 11 is 0. The van der Waals surface area contributed by atoms with E-state index < -0.39 is 5.60 Å². The molecule has 0 bridgehead atoms. The van der Waals surface area contributed by atoms with Gasteiger partial charge in [-0.1, -0.05) is 36.4 Å². The quantitative estimate of drug-likeness (QED) is 0.392. The number of ether oxygens (including phenoxy) is 4. The number of fused-ring (bicyclic) bond motifs is 2. The molecule has 2 heterocycles. The maximum absolute atomic E-state index is 12.0. The number of hydrogen-bond acceptors (Lipinski definition) is 6. The number of nitrogens with zero attached hydrogens (tertiary/aromatic N) is 1. The second-order valence-electron chi connectivity index (χ2n) is 10.3. The molecule has 1 fully saturated rings. The molecule has 1 saturated heterocycles. The molecule has 6 nitrogen and oxygen atoms in total. The van der Waals surface area contributed by atoms with Gasteiger partial charge in [-0.2, -0.15) is 0 Å². The van der Waals surface area contributed by atoms with Crippen LogP contribution in [0.4, 0.5) is 0 Å². The van der Waals surface area contributed by atoms with E-state index in [1.807, 2.05) is 51.1 Å². The largest absolute Gasteiger partial charge is 0.492 e. The van der Waals surface area contributed by atoms with Gasteiger partial charge in [0.25, 0.3) is 0 Å². The number of carbonyl (C=O) groups excluding carboxylic acids is 1. The lowest BCUT2D eigenvalue weighted by Crippen LogP contribution is -2.44. The summed E-state index contributed by atoms with van der Waals surface area (Å²) in [5, 5.41) is 0. The second kappa shape index (κ2) is 10.8. The smallest absolute Gasteiger partial charge is 0.307 e. The molecule has 0 aromatic heterocycles. The molecule has 2 aromatic rings. The molecule has 184 valence electrons. The van der Waals surface area contributed by atoms with Crippen molar-refractivity contribution in [1.29, 1.82) is 0 Å². The van der Waals surface area contributed by atoms with E-state index >= 15 is 0 Å². The van der Waals surface area contributed by atoms with Crippen LogP contribution in [-0.4, -0.2) is 55.9 Å². The fourth-order valence-electron chi connectivity index (χ4n) is 4.69. The summed E-state index contributed by atoms with van der Waals surface area (Å²) < 4.78 is 23.1. The Hall–Kier alpha value is -2.57. The molecule has 0 N–H and O–H groups in total. The Morgan fingerprint density at radius 3 is 2.56 bits per heavy atom. The average Bonchev–Trinajstić information content (AvgIpc) is 3.15. The number of esters is 1. The van der Waals surface area contributed by atoms with Crippen LogP contribution < -0.4 is 9.47 Å². The topological polar surface area (TPSA) is 57.2 Å². The molecule has 0 saturated carbocycles. The Morgan fingerprint density at radius 1 is 1.06 bits per heavy atom. The van der Waals surface area contributed by atoms with Gasteiger partial charge in [0.2, 0.25) is 0 Å². The molecule has 4 rings (SSSR count). The number of benzene rings is 2. The first-order chi connectivity index (χ1) is 16.3. The maximum atomic E-state index is 12.0. The molecule has 0 unspecified atom stereocenters. The summed E-state index contributed by atoms with van der Waals surface area (Å²) in [6.45, 7) is 10.7. The highest BCUT2D eigenvalue weighted by molar-refractivity contribution is 5.70. The van der Waals surface area contributed by atoms with Crippen molar-refractivity contribution in [1.82, 2.24) is 4.90 Å². The predicted molar refractivity (Wildman–Crippen MR) is 131 cm³/mol. The third kappa shape index (κ3) is 6.51. The van der Waals surface area contributed by atoms with Crippen LogP contribution in [0.15, 0.2) is 48.5 Å². The van der Waals surface area contributed by atoms with Crippen LogP contribution in [0.1, 0.15) is 51.2 Å².